The fourth-order valence-electron chi connectivity index (χ4n) is 2.90. The van der Waals surface area contributed by atoms with Gasteiger partial charge in [0.1, 0.15) is 0 Å². The summed E-state index contributed by atoms with van der Waals surface area (Å²) in [7, 11) is 0. The Kier molecular flexibility index (Phi) is 4.94. The average Bonchev–Trinajstić information content (AvgIpc) is 3.02. The molecule has 130 valence electrons. The number of aliphatic imine (C=N–C) groups is 1. The molecule has 6 heteroatoms. The Morgan fingerprint density at radius 1 is 1.08 bits per heavy atom. The molecule has 0 spiro atoms. The van der Waals surface area contributed by atoms with E-state index < -0.39 is 0 Å². The molecular formula is C20H14BrClN2OS. The maximum absolute atomic E-state index is 13.1. The third kappa shape index (κ3) is 3.61. The Morgan fingerprint density at radius 2 is 1.85 bits per heavy atom. The second-order valence-electron chi connectivity index (χ2n) is 5.93. The van der Waals surface area contributed by atoms with Gasteiger partial charge < -0.3 is 4.90 Å². The molecule has 0 bridgehead atoms. The van der Waals surface area contributed by atoms with Crippen molar-refractivity contribution in [2.75, 3.05) is 4.90 Å². The maximum Gasteiger partial charge on any atom is 0.233 e. The lowest BCUT2D eigenvalue weighted by atomic mass is 10.1. The molecule has 3 nitrogen and oxygen atoms in total. The van der Waals surface area contributed by atoms with Crippen molar-refractivity contribution < 1.29 is 4.79 Å². The fraction of sp³-hybridized carbons (Fsp3) is 0.100. The van der Waals surface area contributed by atoms with Crippen molar-refractivity contribution in [2.24, 2.45) is 4.99 Å². The molecule has 3 aromatic rings. The third-order valence-corrected chi connectivity index (χ3v) is 6.08. The van der Waals surface area contributed by atoms with E-state index in [-0.39, 0.29) is 12.3 Å². The van der Waals surface area contributed by atoms with E-state index in [9.17, 15) is 4.79 Å². The zero-order chi connectivity index (χ0) is 18.1. The second-order valence-corrected chi connectivity index (χ2v) is 8.83. The van der Waals surface area contributed by atoms with E-state index in [4.69, 9.17) is 16.6 Å². The Morgan fingerprint density at radius 3 is 2.58 bits per heavy atom. The number of anilines is 1. The highest BCUT2D eigenvalue weighted by Gasteiger charge is 2.25. The Labute approximate surface area is 169 Å². The zero-order valence-corrected chi connectivity index (χ0v) is 16.8. The Bertz CT molecular complexity index is 997. The van der Waals surface area contributed by atoms with Crippen LogP contribution >= 0.6 is 38.9 Å². The first kappa shape index (κ1) is 17.5. The van der Waals surface area contributed by atoms with Crippen LogP contribution in [0.25, 0.3) is 0 Å². The van der Waals surface area contributed by atoms with Crippen molar-refractivity contribution in [3.63, 3.8) is 0 Å². The molecule has 0 aliphatic carbocycles. The standard InChI is InChI=1S/C20H14BrClN2OS/c21-19-10-9-18(26-19)16-11-20(25)24(12-13-5-7-14(22)8-6-13)17-4-2-1-3-15(17)23-16/h1-10H,11-12H2. The summed E-state index contributed by atoms with van der Waals surface area (Å²) in [5.74, 6) is 0.0353. The van der Waals surface area contributed by atoms with E-state index >= 15 is 0 Å². The van der Waals surface area contributed by atoms with Gasteiger partial charge in [-0.25, -0.2) is 4.99 Å². The minimum absolute atomic E-state index is 0.0353. The molecule has 1 aliphatic rings. The van der Waals surface area contributed by atoms with E-state index in [0.29, 0.717) is 11.6 Å². The van der Waals surface area contributed by atoms with Crippen LogP contribution in [0.2, 0.25) is 5.02 Å². The summed E-state index contributed by atoms with van der Waals surface area (Å²) in [5.41, 5.74) is 3.47. The van der Waals surface area contributed by atoms with Crippen molar-refractivity contribution in [1.82, 2.24) is 0 Å². The van der Waals surface area contributed by atoms with Crippen LogP contribution in [-0.2, 0) is 11.3 Å². The van der Waals surface area contributed by atoms with Crippen molar-refractivity contribution in [3.05, 3.63) is 79.9 Å². The normalized spacial score (nSPS) is 14.0. The van der Waals surface area contributed by atoms with Gasteiger partial charge >= 0.3 is 0 Å². The molecular weight excluding hydrogens is 432 g/mol. The number of benzene rings is 2. The summed E-state index contributed by atoms with van der Waals surface area (Å²) in [6.07, 6.45) is 0.273. The third-order valence-electron chi connectivity index (χ3n) is 4.16. The van der Waals surface area contributed by atoms with Gasteiger partial charge in [-0.3, -0.25) is 4.79 Å². The molecule has 1 aromatic heterocycles. The molecule has 0 unspecified atom stereocenters. The molecule has 1 amide bonds. The number of rotatable bonds is 3. The smallest absolute Gasteiger partial charge is 0.233 e. The summed E-state index contributed by atoms with van der Waals surface area (Å²) in [6.45, 7) is 0.490. The van der Waals surface area contributed by atoms with Gasteiger partial charge in [-0.2, -0.15) is 0 Å². The molecule has 0 atom stereocenters. The number of carbonyl (C=O) groups excluding carboxylic acids is 1. The van der Waals surface area contributed by atoms with Gasteiger partial charge in [0.25, 0.3) is 0 Å². The van der Waals surface area contributed by atoms with E-state index in [1.807, 2.05) is 60.7 Å². The molecule has 0 N–H and O–H groups in total. The molecule has 0 saturated heterocycles. The van der Waals surface area contributed by atoms with Crippen molar-refractivity contribution >= 4 is 61.9 Å². The van der Waals surface area contributed by atoms with Gasteiger partial charge in [0.2, 0.25) is 5.91 Å². The number of carbonyl (C=O) groups is 1. The number of thiophene rings is 1. The van der Waals surface area contributed by atoms with Crippen molar-refractivity contribution in [2.45, 2.75) is 13.0 Å². The lowest BCUT2D eigenvalue weighted by Gasteiger charge is -2.22. The summed E-state index contributed by atoms with van der Waals surface area (Å²) in [4.78, 5) is 20.7. The molecule has 2 aromatic carbocycles. The molecule has 1 aliphatic heterocycles. The quantitative estimate of drug-likeness (QED) is 0.471. The van der Waals surface area contributed by atoms with Gasteiger partial charge in [0.15, 0.2) is 0 Å². The first-order valence-corrected chi connectivity index (χ1v) is 10.1. The lowest BCUT2D eigenvalue weighted by Crippen LogP contribution is -2.30. The van der Waals surface area contributed by atoms with E-state index in [1.54, 1.807) is 16.2 Å². The minimum atomic E-state index is 0.0353. The molecule has 2 heterocycles. The number of hydrogen-bond acceptors (Lipinski definition) is 3. The van der Waals surface area contributed by atoms with Crippen LogP contribution in [0.5, 0.6) is 0 Å². The van der Waals surface area contributed by atoms with E-state index in [0.717, 1.165) is 31.3 Å². The van der Waals surface area contributed by atoms with Gasteiger partial charge in [-0.05, 0) is 57.9 Å². The van der Waals surface area contributed by atoms with Crippen LogP contribution in [0.3, 0.4) is 0 Å². The summed E-state index contributed by atoms with van der Waals surface area (Å²) >= 11 is 11.0. The maximum atomic E-state index is 13.1. The molecule has 26 heavy (non-hydrogen) atoms. The largest absolute Gasteiger partial charge is 0.306 e. The predicted molar refractivity (Wildman–Crippen MR) is 112 cm³/mol. The monoisotopic (exact) mass is 444 g/mol. The van der Waals surface area contributed by atoms with Gasteiger partial charge in [0.05, 0.1) is 38.7 Å². The topological polar surface area (TPSA) is 32.7 Å². The van der Waals surface area contributed by atoms with E-state index in [1.165, 1.54) is 0 Å². The van der Waals surface area contributed by atoms with E-state index in [2.05, 4.69) is 15.9 Å². The Balaban J connectivity index is 1.73. The van der Waals surface area contributed by atoms with Crippen LogP contribution in [0.4, 0.5) is 11.4 Å². The summed E-state index contributed by atoms with van der Waals surface area (Å²) < 4.78 is 1.03. The number of halogens is 2. The minimum Gasteiger partial charge on any atom is -0.306 e. The second kappa shape index (κ2) is 7.35. The highest BCUT2D eigenvalue weighted by molar-refractivity contribution is 9.11. The SMILES string of the molecule is O=C1CC(c2ccc(Br)s2)=Nc2ccccc2N1Cc1ccc(Cl)cc1. The van der Waals surface area contributed by atoms with Gasteiger partial charge in [-0.15, -0.1) is 11.3 Å². The molecule has 0 fully saturated rings. The molecule has 0 saturated carbocycles. The van der Waals surface area contributed by atoms with Crippen molar-refractivity contribution in [3.8, 4) is 0 Å². The first-order chi connectivity index (χ1) is 12.6. The fourth-order valence-corrected chi connectivity index (χ4v) is 4.40. The highest BCUT2D eigenvalue weighted by atomic mass is 79.9. The average molecular weight is 446 g/mol. The van der Waals surface area contributed by atoms with Crippen LogP contribution in [-0.4, -0.2) is 11.6 Å². The highest BCUT2D eigenvalue weighted by Crippen LogP contribution is 2.35. The Hall–Kier alpha value is -1.95. The lowest BCUT2D eigenvalue weighted by molar-refractivity contribution is -0.117. The van der Waals surface area contributed by atoms with Crippen LogP contribution in [0.1, 0.15) is 16.9 Å². The number of fused-ring (bicyclic) bond motifs is 1. The number of nitrogens with zero attached hydrogens (tertiary/aromatic N) is 2. The summed E-state index contributed by atoms with van der Waals surface area (Å²) in [5, 5.41) is 0.685. The van der Waals surface area contributed by atoms with Crippen LogP contribution in [0.15, 0.2) is 69.4 Å². The van der Waals surface area contributed by atoms with Crippen LogP contribution < -0.4 is 4.90 Å². The number of amides is 1. The molecule has 4 rings (SSSR count). The summed E-state index contributed by atoms with van der Waals surface area (Å²) in [6, 6.07) is 19.3. The first-order valence-electron chi connectivity index (χ1n) is 8.07. The van der Waals surface area contributed by atoms with Crippen LogP contribution in [0, 0.1) is 0 Å². The van der Waals surface area contributed by atoms with Crippen molar-refractivity contribution in [1.29, 1.82) is 0 Å². The zero-order valence-electron chi connectivity index (χ0n) is 13.7. The number of para-hydroxylation sites is 2. The molecule has 0 radical (unpaired) electrons. The van der Waals surface area contributed by atoms with Gasteiger partial charge in [0, 0.05) is 5.02 Å². The predicted octanol–water partition coefficient (Wildman–Crippen LogP) is 6.22. The number of hydrogen-bond donors (Lipinski definition) is 0. The van der Waals surface area contributed by atoms with Gasteiger partial charge in [-0.1, -0.05) is 35.9 Å².